The summed E-state index contributed by atoms with van der Waals surface area (Å²) in [4.78, 5) is 2.64. The van der Waals surface area contributed by atoms with Crippen LogP contribution in [0.2, 0.25) is 0 Å². The molecule has 0 heterocycles. The van der Waals surface area contributed by atoms with Crippen LogP contribution in [0.1, 0.15) is 43.9 Å². The Morgan fingerprint density at radius 2 is 2.11 bits per heavy atom. The first-order chi connectivity index (χ1) is 9.01. The Labute approximate surface area is 121 Å². The monoisotopic (exact) mass is 280 g/mol. The van der Waals surface area contributed by atoms with E-state index < -0.39 is 0 Å². The van der Waals surface area contributed by atoms with E-state index in [4.69, 9.17) is 18.0 Å². The van der Waals surface area contributed by atoms with Crippen molar-refractivity contribution in [1.29, 1.82) is 0 Å². The van der Waals surface area contributed by atoms with Gasteiger partial charge in [0.2, 0.25) is 0 Å². The summed E-state index contributed by atoms with van der Waals surface area (Å²) in [5, 5.41) is 10.1. The molecule has 0 spiro atoms. The molecule has 3 nitrogen and oxygen atoms in total. The summed E-state index contributed by atoms with van der Waals surface area (Å²) in [6.45, 7) is 8.04. The molecule has 106 valence electrons. The number of unbranched alkanes of at least 4 members (excludes halogenated alkanes) is 1. The molecule has 0 aliphatic carbocycles. The van der Waals surface area contributed by atoms with E-state index in [0.717, 1.165) is 37.1 Å². The van der Waals surface area contributed by atoms with Crippen molar-refractivity contribution in [3.05, 3.63) is 29.3 Å². The van der Waals surface area contributed by atoms with Crippen LogP contribution in [0.3, 0.4) is 0 Å². The summed E-state index contributed by atoms with van der Waals surface area (Å²) >= 11 is 5.22. The van der Waals surface area contributed by atoms with Gasteiger partial charge in [-0.15, -0.1) is 0 Å². The molecule has 1 rings (SSSR count). The van der Waals surface area contributed by atoms with Crippen LogP contribution in [0.4, 0.5) is 0 Å². The molecule has 0 aromatic heterocycles. The maximum absolute atomic E-state index is 10.1. The smallest absolute Gasteiger partial charge is 0.120 e. The quantitative estimate of drug-likeness (QED) is 0.753. The summed E-state index contributed by atoms with van der Waals surface area (Å²) < 4.78 is 0. The molecule has 0 saturated carbocycles. The molecule has 0 aliphatic rings. The number of rotatable bonds is 7. The number of aryl methyl sites for hydroxylation is 1. The number of nitrogens with two attached hydrogens (primary N) is 1. The van der Waals surface area contributed by atoms with Gasteiger partial charge in [0.25, 0.3) is 0 Å². The first-order valence-electron chi connectivity index (χ1n) is 6.84. The third-order valence-electron chi connectivity index (χ3n) is 3.32. The largest absolute Gasteiger partial charge is 0.508 e. The van der Waals surface area contributed by atoms with Gasteiger partial charge in [-0.05, 0) is 32.5 Å². The van der Waals surface area contributed by atoms with Crippen molar-refractivity contribution >= 4 is 17.2 Å². The number of phenolic OH excluding ortho intramolecular Hbond substituents is 1. The van der Waals surface area contributed by atoms with E-state index in [1.165, 1.54) is 0 Å². The molecular formula is C15H24N2OS. The summed E-state index contributed by atoms with van der Waals surface area (Å²) in [5.41, 5.74) is 7.82. The van der Waals surface area contributed by atoms with E-state index in [1.54, 1.807) is 6.07 Å². The molecule has 19 heavy (non-hydrogen) atoms. The molecule has 0 bridgehead atoms. The highest BCUT2D eigenvalue weighted by molar-refractivity contribution is 7.80. The van der Waals surface area contributed by atoms with Crippen molar-refractivity contribution in [2.75, 3.05) is 13.1 Å². The predicted octanol–water partition coefficient (Wildman–Crippen LogP) is 3.15. The van der Waals surface area contributed by atoms with Gasteiger partial charge in [-0.2, -0.15) is 0 Å². The van der Waals surface area contributed by atoms with Crippen LogP contribution in [0.25, 0.3) is 0 Å². The van der Waals surface area contributed by atoms with Crippen LogP contribution < -0.4 is 5.73 Å². The van der Waals surface area contributed by atoms with Crippen molar-refractivity contribution < 1.29 is 5.11 Å². The number of likely N-dealkylation sites (N-methyl/N-ethyl adjacent to an activating group) is 1. The van der Waals surface area contributed by atoms with Gasteiger partial charge in [0.05, 0.1) is 11.0 Å². The molecule has 0 aliphatic heterocycles. The molecule has 0 fully saturated rings. The third kappa shape index (κ3) is 4.18. The predicted molar refractivity (Wildman–Crippen MR) is 84.5 cm³/mol. The van der Waals surface area contributed by atoms with Gasteiger partial charge >= 0.3 is 0 Å². The molecule has 0 saturated heterocycles. The van der Waals surface area contributed by atoms with Crippen LogP contribution in [-0.2, 0) is 0 Å². The van der Waals surface area contributed by atoms with Crippen molar-refractivity contribution in [3.8, 4) is 5.75 Å². The maximum Gasteiger partial charge on any atom is 0.120 e. The second-order valence-corrected chi connectivity index (χ2v) is 5.32. The van der Waals surface area contributed by atoms with Gasteiger partial charge in [0, 0.05) is 5.56 Å². The molecular weight excluding hydrogens is 256 g/mol. The molecule has 1 unspecified atom stereocenters. The summed E-state index contributed by atoms with van der Waals surface area (Å²) in [6.07, 6.45) is 2.22. The van der Waals surface area contributed by atoms with Crippen molar-refractivity contribution in [2.45, 2.75) is 39.7 Å². The number of phenols is 1. The van der Waals surface area contributed by atoms with E-state index in [9.17, 15) is 5.11 Å². The van der Waals surface area contributed by atoms with Gasteiger partial charge < -0.3 is 10.8 Å². The highest BCUT2D eigenvalue weighted by Gasteiger charge is 2.24. The average Bonchev–Trinajstić information content (AvgIpc) is 2.37. The first-order valence-corrected chi connectivity index (χ1v) is 7.24. The lowest BCUT2D eigenvalue weighted by atomic mass is 10.0. The fraction of sp³-hybridized carbons (Fsp3) is 0.533. The van der Waals surface area contributed by atoms with Crippen molar-refractivity contribution in [3.63, 3.8) is 0 Å². The topological polar surface area (TPSA) is 49.5 Å². The Bertz CT molecular complexity index is 434. The molecule has 3 N–H and O–H groups in total. The highest BCUT2D eigenvalue weighted by Crippen LogP contribution is 2.30. The molecule has 1 atom stereocenters. The first kappa shape index (κ1) is 15.9. The number of nitrogens with zero attached hydrogens (tertiary/aromatic N) is 1. The van der Waals surface area contributed by atoms with E-state index in [1.807, 2.05) is 19.1 Å². The second kappa shape index (κ2) is 7.46. The van der Waals surface area contributed by atoms with Crippen LogP contribution in [0.15, 0.2) is 18.2 Å². The average molecular weight is 280 g/mol. The molecule has 0 amide bonds. The van der Waals surface area contributed by atoms with Gasteiger partial charge in [-0.1, -0.05) is 50.2 Å². The number of aromatic hydroxyl groups is 1. The number of hydrogen-bond donors (Lipinski definition) is 2. The Hall–Kier alpha value is -1.13. The number of hydrogen-bond acceptors (Lipinski definition) is 3. The molecule has 4 heteroatoms. The van der Waals surface area contributed by atoms with Gasteiger partial charge in [-0.3, -0.25) is 4.90 Å². The summed E-state index contributed by atoms with van der Waals surface area (Å²) in [6, 6.07) is 5.38. The Kier molecular flexibility index (Phi) is 6.25. The zero-order valence-electron chi connectivity index (χ0n) is 12.0. The standard InChI is InChI=1S/C15H24N2OS/c1-4-6-9-17(5-2)14(15(16)19)12-10-11(3)7-8-13(12)18/h7-8,10,14,18H,4-6,9H2,1-3H3,(H2,16,19). The zero-order valence-corrected chi connectivity index (χ0v) is 12.8. The Morgan fingerprint density at radius 3 is 2.63 bits per heavy atom. The van der Waals surface area contributed by atoms with Crippen LogP contribution in [0, 0.1) is 6.92 Å². The van der Waals surface area contributed by atoms with Gasteiger partial charge in [-0.25, -0.2) is 0 Å². The highest BCUT2D eigenvalue weighted by atomic mass is 32.1. The zero-order chi connectivity index (χ0) is 14.4. The lowest BCUT2D eigenvalue weighted by Gasteiger charge is -2.30. The van der Waals surface area contributed by atoms with Crippen LogP contribution in [-0.4, -0.2) is 28.1 Å². The van der Waals surface area contributed by atoms with Gasteiger partial charge in [0.15, 0.2) is 0 Å². The minimum atomic E-state index is -0.188. The lowest BCUT2D eigenvalue weighted by Crippen LogP contribution is -2.37. The van der Waals surface area contributed by atoms with Crippen molar-refractivity contribution in [1.82, 2.24) is 4.90 Å². The SMILES string of the molecule is CCCCN(CC)C(C(N)=S)c1cc(C)ccc1O. The maximum atomic E-state index is 10.1. The summed E-state index contributed by atoms with van der Waals surface area (Å²) in [7, 11) is 0. The normalized spacial score (nSPS) is 12.6. The van der Waals surface area contributed by atoms with E-state index in [-0.39, 0.29) is 11.8 Å². The third-order valence-corrected chi connectivity index (χ3v) is 3.54. The van der Waals surface area contributed by atoms with E-state index in [2.05, 4.69) is 18.7 Å². The number of benzene rings is 1. The molecule has 0 radical (unpaired) electrons. The minimum Gasteiger partial charge on any atom is -0.508 e. The van der Waals surface area contributed by atoms with Crippen LogP contribution >= 0.6 is 12.2 Å². The minimum absolute atomic E-state index is 0.188. The Balaban J connectivity index is 3.11. The fourth-order valence-electron chi connectivity index (χ4n) is 2.25. The second-order valence-electron chi connectivity index (χ2n) is 4.85. The number of thiocarbonyl (C=S) groups is 1. The molecule has 1 aromatic rings. The fourth-order valence-corrected chi connectivity index (χ4v) is 2.53. The van der Waals surface area contributed by atoms with Gasteiger partial charge in [0.1, 0.15) is 5.75 Å². The molecule has 1 aromatic carbocycles. The lowest BCUT2D eigenvalue weighted by molar-refractivity contribution is 0.249. The van der Waals surface area contributed by atoms with E-state index >= 15 is 0 Å². The van der Waals surface area contributed by atoms with E-state index in [0.29, 0.717) is 4.99 Å². The summed E-state index contributed by atoms with van der Waals surface area (Å²) in [5.74, 6) is 0.262. The van der Waals surface area contributed by atoms with Crippen molar-refractivity contribution in [2.24, 2.45) is 5.73 Å². The van der Waals surface area contributed by atoms with Crippen LogP contribution in [0.5, 0.6) is 5.75 Å². The Morgan fingerprint density at radius 1 is 1.42 bits per heavy atom.